The molecule has 0 aliphatic carbocycles. The number of anilines is 1. The number of rotatable bonds is 2. The number of hydrogen-bond donors (Lipinski definition) is 1. The molecule has 28 heavy (non-hydrogen) atoms. The maximum Gasteiger partial charge on any atom is 0.321 e. The van der Waals surface area contributed by atoms with Gasteiger partial charge in [-0.3, -0.25) is 0 Å². The van der Waals surface area contributed by atoms with Crippen LogP contribution < -0.4 is 5.32 Å². The summed E-state index contributed by atoms with van der Waals surface area (Å²) in [6.45, 7) is 1.16. The average molecular weight is 397 g/mol. The standard InChI is InChI=1S/C21H18ClFN4O/c22-16-4-3-15(18(23)13-16)12-14-6-10-27(11-7-14)21(28)26-19-5-9-25-20-17(19)2-1-8-24-20/h1-5,8-9,12-13H,6-7,10-11H2,(H,24,25,26,28). The first-order valence-electron chi connectivity index (χ1n) is 9.00. The van der Waals surface area contributed by atoms with E-state index in [0.717, 1.165) is 11.0 Å². The summed E-state index contributed by atoms with van der Waals surface area (Å²) in [7, 11) is 0. The molecule has 7 heteroatoms. The minimum absolute atomic E-state index is 0.159. The Kier molecular flexibility index (Phi) is 5.21. The van der Waals surface area contributed by atoms with E-state index in [4.69, 9.17) is 11.6 Å². The Bertz CT molecular complexity index is 1050. The first-order chi connectivity index (χ1) is 13.6. The third kappa shape index (κ3) is 3.97. The maximum atomic E-state index is 14.0. The molecule has 1 aliphatic rings. The number of benzene rings is 1. The number of nitrogens with zero attached hydrogens (tertiary/aromatic N) is 3. The van der Waals surface area contributed by atoms with Crippen LogP contribution in [0.25, 0.3) is 17.1 Å². The summed E-state index contributed by atoms with van der Waals surface area (Å²) in [5, 5.41) is 4.13. The highest BCUT2D eigenvalue weighted by Gasteiger charge is 2.20. The lowest BCUT2D eigenvalue weighted by molar-refractivity contribution is 0.208. The van der Waals surface area contributed by atoms with Crippen LogP contribution in [0.1, 0.15) is 18.4 Å². The molecule has 0 bridgehead atoms. The lowest BCUT2D eigenvalue weighted by Gasteiger charge is -2.28. The van der Waals surface area contributed by atoms with Gasteiger partial charge in [-0.1, -0.05) is 29.3 Å². The van der Waals surface area contributed by atoms with Crippen LogP contribution in [0, 0.1) is 5.82 Å². The molecule has 0 atom stereocenters. The zero-order valence-electron chi connectivity index (χ0n) is 15.0. The predicted octanol–water partition coefficient (Wildman–Crippen LogP) is 5.13. The van der Waals surface area contributed by atoms with Crippen molar-refractivity contribution in [1.29, 1.82) is 0 Å². The van der Waals surface area contributed by atoms with Crippen LogP contribution in [-0.4, -0.2) is 34.0 Å². The van der Waals surface area contributed by atoms with E-state index in [2.05, 4.69) is 15.3 Å². The second-order valence-electron chi connectivity index (χ2n) is 6.62. The van der Waals surface area contributed by atoms with Crippen LogP contribution in [-0.2, 0) is 0 Å². The third-order valence-electron chi connectivity index (χ3n) is 4.77. The van der Waals surface area contributed by atoms with Crippen molar-refractivity contribution < 1.29 is 9.18 Å². The second kappa shape index (κ2) is 7.94. The van der Waals surface area contributed by atoms with Crippen molar-refractivity contribution in [2.75, 3.05) is 18.4 Å². The van der Waals surface area contributed by atoms with E-state index in [1.54, 1.807) is 35.5 Å². The lowest BCUT2D eigenvalue weighted by atomic mass is 10.0. The molecule has 0 unspecified atom stereocenters. The van der Waals surface area contributed by atoms with Crippen LogP contribution in [0.3, 0.4) is 0 Å². The summed E-state index contributed by atoms with van der Waals surface area (Å²) in [5.41, 5.74) is 2.92. The van der Waals surface area contributed by atoms with E-state index < -0.39 is 0 Å². The molecule has 3 aromatic rings. The Morgan fingerprint density at radius 1 is 1.14 bits per heavy atom. The van der Waals surface area contributed by atoms with Gasteiger partial charge in [-0.25, -0.2) is 19.2 Å². The topological polar surface area (TPSA) is 58.1 Å². The van der Waals surface area contributed by atoms with Gasteiger partial charge in [-0.2, -0.15) is 0 Å². The number of amides is 2. The zero-order valence-corrected chi connectivity index (χ0v) is 15.8. The number of halogens is 2. The van der Waals surface area contributed by atoms with Gasteiger partial charge >= 0.3 is 6.03 Å². The van der Waals surface area contributed by atoms with Gasteiger partial charge in [0.15, 0.2) is 5.65 Å². The summed E-state index contributed by atoms with van der Waals surface area (Å²) in [5.74, 6) is -0.335. The number of likely N-dealkylation sites (tertiary alicyclic amines) is 1. The van der Waals surface area contributed by atoms with Crippen molar-refractivity contribution in [1.82, 2.24) is 14.9 Å². The molecular formula is C21H18ClFN4O. The molecule has 3 heterocycles. The molecule has 1 fully saturated rings. The molecule has 5 nitrogen and oxygen atoms in total. The van der Waals surface area contributed by atoms with Gasteiger partial charge in [0.25, 0.3) is 0 Å². The largest absolute Gasteiger partial charge is 0.324 e. The molecule has 142 valence electrons. The molecule has 1 N–H and O–H groups in total. The molecule has 0 spiro atoms. The fourth-order valence-electron chi connectivity index (χ4n) is 3.27. The van der Waals surface area contributed by atoms with Crippen molar-refractivity contribution in [3.63, 3.8) is 0 Å². The lowest BCUT2D eigenvalue weighted by Crippen LogP contribution is -2.39. The summed E-state index contributed by atoms with van der Waals surface area (Å²) in [6.07, 6.45) is 6.55. The molecule has 0 radical (unpaired) electrons. The average Bonchev–Trinajstić information content (AvgIpc) is 2.71. The SMILES string of the molecule is O=C(Nc1ccnc2ncccc12)N1CCC(=Cc2ccc(Cl)cc2F)CC1. The Labute approximate surface area is 166 Å². The number of carbonyl (C=O) groups excluding carboxylic acids is 1. The van der Waals surface area contributed by atoms with E-state index in [1.165, 1.54) is 6.07 Å². The number of fused-ring (bicyclic) bond motifs is 1. The normalized spacial score (nSPS) is 14.2. The first-order valence-corrected chi connectivity index (χ1v) is 9.38. The number of aromatic nitrogens is 2. The van der Waals surface area contributed by atoms with Gasteiger partial charge in [0, 0.05) is 41.5 Å². The molecule has 2 aromatic heterocycles. The molecule has 1 saturated heterocycles. The number of pyridine rings is 2. The third-order valence-corrected chi connectivity index (χ3v) is 5.01. The number of hydrogen-bond acceptors (Lipinski definition) is 3. The predicted molar refractivity (Wildman–Crippen MR) is 109 cm³/mol. The van der Waals surface area contributed by atoms with Gasteiger partial charge in [-0.15, -0.1) is 0 Å². The van der Waals surface area contributed by atoms with Gasteiger partial charge in [0.2, 0.25) is 0 Å². The smallest absolute Gasteiger partial charge is 0.321 e. The number of urea groups is 1. The number of piperidine rings is 1. The minimum atomic E-state index is -0.335. The Morgan fingerprint density at radius 3 is 2.71 bits per heavy atom. The van der Waals surface area contributed by atoms with Gasteiger partial charge in [-0.05, 0) is 43.2 Å². The van der Waals surface area contributed by atoms with Crippen molar-refractivity contribution in [3.05, 3.63) is 70.8 Å². The van der Waals surface area contributed by atoms with Crippen molar-refractivity contribution in [2.45, 2.75) is 12.8 Å². The Morgan fingerprint density at radius 2 is 1.93 bits per heavy atom. The molecule has 4 rings (SSSR count). The van der Waals surface area contributed by atoms with Crippen LogP contribution in [0.2, 0.25) is 5.02 Å². The molecule has 1 aliphatic heterocycles. The minimum Gasteiger partial charge on any atom is -0.324 e. The molecule has 2 amide bonds. The monoisotopic (exact) mass is 396 g/mol. The van der Waals surface area contributed by atoms with Crippen LogP contribution in [0.5, 0.6) is 0 Å². The van der Waals surface area contributed by atoms with E-state index in [-0.39, 0.29) is 11.8 Å². The number of nitrogens with one attached hydrogen (secondary N) is 1. The Balaban J connectivity index is 1.42. The van der Waals surface area contributed by atoms with Gasteiger partial charge in [0.1, 0.15) is 5.82 Å². The summed E-state index contributed by atoms with van der Waals surface area (Å²) < 4.78 is 14.0. The maximum absolute atomic E-state index is 14.0. The van der Waals surface area contributed by atoms with Gasteiger partial charge < -0.3 is 10.2 Å². The van der Waals surface area contributed by atoms with Crippen LogP contribution in [0.4, 0.5) is 14.9 Å². The summed E-state index contributed by atoms with van der Waals surface area (Å²) >= 11 is 5.80. The zero-order chi connectivity index (χ0) is 19.5. The first kappa shape index (κ1) is 18.4. The van der Waals surface area contributed by atoms with Crippen LogP contribution >= 0.6 is 11.6 Å². The van der Waals surface area contributed by atoms with E-state index in [1.807, 2.05) is 18.2 Å². The second-order valence-corrected chi connectivity index (χ2v) is 7.06. The van der Waals surface area contributed by atoms with Crippen molar-refractivity contribution >= 4 is 40.4 Å². The highest BCUT2D eigenvalue weighted by molar-refractivity contribution is 6.30. The van der Waals surface area contributed by atoms with Crippen LogP contribution in [0.15, 0.2) is 54.4 Å². The van der Waals surface area contributed by atoms with Crippen molar-refractivity contribution in [2.24, 2.45) is 0 Å². The fraction of sp³-hybridized carbons (Fsp3) is 0.190. The summed E-state index contributed by atoms with van der Waals surface area (Å²) in [4.78, 5) is 22.8. The number of carbonyl (C=O) groups is 1. The van der Waals surface area contributed by atoms with E-state index >= 15 is 0 Å². The van der Waals surface area contributed by atoms with Crippen molar-refractivity contribution in [3.8, 4) is 0 Å². The Hall–Kier alpha value is -2.99. The fourth-order valence-corrected chi connectivity index (χ4v) is 3.42. The van der Waals surface area contributed by atoms with E-state index in [0.29, 0.717) is 47.9 Å². The molecule has 0 saturated carbocycles. The van der Waals surface area contributed by atoms with E-state index in [9.17, 15) is 9.18 Å². The highest BCUT2D eigenvalue weighted by Crippen LogP contribution is 2.24. The van der Waals surface area contributed by atoms with Gasteiger partial charge in [0.05, 0.1) is 5.69 Å². The highest BCUT2D eigenvalue weighted by atomic mass is 35.5. The molecule has 1 aromatic carbocycles. The quantitative estimate of drug-likeness (QED) is 0.653. The molecular weight excluding hydrogens is 379 g/mol. The summed E-state index contributed by atoms with van der Waals surface area (Å²) in [6, 6.07) is 9.95.